The molecule has 0 aliphatic heterocycles. The van der Waals surface area contributed by atoms with Gasteiger partial charge in [0.25, 0.3) is 0 Å². The normalized spacial score (nSPS) is 11.4. The van der Waals surface area contributed by atoms with Crippen LogP contribution in [0.1, 0.15) is 11.4 Å². The van der Waals surface area contributed by atoms with Crippen LogP contribution in [0.4, 0.5) is 0 Å². The first kappa shape index (κ1) is 21.2. The van der Waals surface area contributed by atoms with Gasteiger partial charge in [0, 0.05) is 23.8 Å². The van der Waals surface area contributed by atoms with Crippen molar-refractivity contribution < 1.29 is 23.8 Å². The Bertz CT molecular complexity index is 866. The van der Waals surface area contributed by atoms with Crippen LogP contribution < -0.4 is 0 Å². The molecule has 0 saturated carbocycles. The summed E-state index contributed by atoms with van der Waals surface area (Å²) in [6.45, 7) is 0.00123. The van der Waals surface area contributed by atoms with Gasteiger partial charge in [0.15, 0.2) is 0 Å². The molecule has 0 unspecified atom stereocenters. The number of rotatable bonds is 10. The maximum Gasteiger partial charge on any atom is 0.349 e. The molecular formula is C20H18N4O5. The average Bonchev–Trinajstić information content (AvgIpc) is 3.43. The van der Waals surface area contributed by atoms with Gasteiger partial charge in [0.2, 0.25) is 0 Å². The number of hydrogen-bond donors (Lipinski definition) is 2. The molecule has 148 valence electrons. The van der Waals surface area contributed by atoms with Gasteiger partial charge < -0.3 is 24.2 Å². The highest BCUT2D eigenvalue weighted by atomic mass is 16.6. The standard InChI is InChI=1S/C20H18N4O5/c21-13-15(11-17-3-1-5-23-17)19(25)28-9-7-27-8-10-29-20(26)16(14-22)12-18-4-2-6-24-18/h1-6,11-12,23-24H,7-10H2/b15-11+,16-12+. The van der Waals surface area contributed by atoms with Crippen molar-refractivity contribution in [2.45, 2.75) is 0 Å². The van der Waals surface area contributed by atoms with Crippen molar-refractivity contribution in [1.82, 2.24) is 9.97 Å². The predicted octanol–water partition coefficient (Wildman–Crippen LogP) is 1.96. The number of aromatic nitrogens is 2. The van der Waals surface area contributed by atoms with Crippen LogP contribution in [0.15, 0.2) is 47.8 Å². The zero-order valence-electron chi connectivity index (χ0n) is 15.4. The number of aromatic amines is 2. The molecule has 0 atom stereocenters. The molecule has 29 heavy (non-hydrogen) atoms. The SMILES string of the molecule is N#C/C(=C\c1ccc[nH]1)C(=O)OCCOCCOC(=O)/C(C#N)=C/c1ccc[nH]1. The molecule has 0 aliphatic carbocycles. The summed E-state index contributed by atoms with van der Waals surface area (Å²) in [4.78, 5) is 29.4. The van der Waals surface area contributed by atoms with Crippen LogP contribution in [0.5, 0.6) is 0 Å². The molecule has 0 aliphatic rings. The second-order valence-electron chi connectivity index (χ2n) is 5.47. The van der Waals surface area contributed by atoms with E-state index in [0.717, 1.165) is 0 Å². The van der Waals surface area contributed by atoms with E-state index in [1.807, 2.05) is 0 Å². The molecule has 0 radical (unpaired) electrons. The largest absolute Gasteiger partial charge is 0.459 e. The fourth-order valence-corrected chi connectivity index (χ4v) is 2.10. The Morgan fingerprint density at radius 1 is 0.828 bits per heavy atom. The molecule has 0 bridgehead atoms. The quantitative estimate of drug-likeness (QED) is 0.271. The van der Waals surface area contributed by atoms with Crippen LogP contribution in [0, 0.1) is 22.7 Å². The molecule has 9 heteroatoms. The molecule has 0 aromatic carbocycles. The van der Waals surface area contributed by atoms with Gasteiger partial charge in [0.1, 0.15) is 36.5 Å². The zero-order valence-corrected chi connectivity index (χ0v) is 15.4. The van der Waals surface area contributed by atoms with E-state index in [0.29, 0.717) is 11.4 Å². The summed E-state index contributed by atoms with van der Waals surface area (Å²) in [6.07, 6.45) is 6.11. The smallest absolute Gasteiger partial charge is 0.349 e. The fraction of sp³-hybridized carbons (Fsp3) is 0.200. The minimum atomic E-state index is -0.759. The minimum Gasteiger partial charge on any atom is -0.459 e. The Morgan fingerprint density at radius 2 is 1.28 bits per heavy atom. The third kappa shape index (κ3) is 7.21. The molecule has 2 rings (SSSR count). The number of carbonyl (C=O) groups excluding carboxylic acids is 2. The zero-order chi connectivity index (χ0) is 20.9. The number of esters is 2. The van der Waals surface area contributed by atoms with E-state index < -0.39 is 11.9 Å². The monoisotopic (exact) mass is 394 g/mol. The van der Waals surface area contributed by atoms with Crippen molar-refractivity contribution in [2.24, 2.45) is 0 Å². The van der Waals surface area contributed by atoms with Crippen LogP contribution in [0.2, 0.25) is 0 Å². The second-order valence-corrected chi connectivity index (χ2v) is 5.47. The first-order chi connectivity index (χ1) is 14.1. The van der Waals surface area contributed by atoms with Gasteiger partial charge in [-0.1, -0.05) is 0 Å². The topological polar surface area (TPSA) is 141 Å². The number of carbonyl (C=O) groups is 2. The Balaban J connectivity index is 1.63. The maximum atomic E-state index is 11.8. The van der Waals surface area contributed by atoms with Gasteiger partial charge in [-0.3, -0.25) is 0 Å². The number of ether oxygens (including phenoxy) is 3. The van der Waals surface area contributed by atoms with E-state index in [4.69, 9.17) is 24.7 Å². The Hall–Kier alpha value is -4.08. The van der Waals surface area contributed by atoms with E-state index >= 15 is 0 Å². The van der Waals surface area contributed by atoms with E-state index in [-0.39, 0.29) is 37.6 Å². The van der Waals surface area contributed by atoms with Gasteiger partial charge in [-0.05, 0) is 36.4 Å². The minimum absolute atomic E-state index is 0.0628. The first-order valence-electron chi connectivity index (χ1n) is 8.56. The third-order valence-corrected chi connectivity index (χ3v) is 3.45. The van der Waals surface area contributed by atoms with Gasteiger partial charge in [-0.2, -0.15) is 10.5 Å². The highest BCUT2D eigenvalue weighted by molar-refractivity contribution is 5.98. The second kappa shape index (κ2) is 11.6. The summed E-state index contributed by atoms with van der Waals surface area (Å²) in [6, 6.07) is 10.5. The van der Waals surface area contributed by atoms with Crippen molar-refractivity contribution in [3.8, 4) is 12.1 Å². The first-order valence-corrected chi connectivity index (χ1v) is 8.56. The molecule has 2 N–H and O–H groups in total. The number of H-pyrrole nitrogens is 2. The lowest BCUT2D eigenvalue weighted by molar-refractivity contribution is -0.141. The maximum absolute atomic E-state index is 11.8. The number of nitrogens with zero attached hydrogens (tertiary/aromatic N) is 2. The lowest BCUT2D eigenvalue weighted by Gasteiger charge is -2.06. The summed E-state index contributed by atoms with van der Waals surface area (Å²) in [5.41, 5.74) is 0.941. The van der Waals surface area contributed by atoms with Crippen LogP contribution in [-0.4, -0.2) is 48.3 Å². The fourth-order valence-electron chi connectivity index (χ4n) is 2.10. The Morgan fingerprint density at radius 3 is 1.62 bits per heavy atom. The summed E-state index contributed by atoms with van der Waals surface area (Å²) in [5.74, 6) is -1.52. The van der Waals surface area contributed by atoms with E-state index in [2.05, 4.69) is 9.97 Å². The molecule has 0 saturated heterocycles. The lowest BCUT2D eigenvalue weighted by Crippen LogP contribution is -2.15. The van der Waals surface area contributed by atoms with Crippen LogP contribution in [-0.2, 0) is 23.8 Å². The van der Waals surface area contributed by atoms with E-state index in [9.17, 15) is 9.59 Å². The van der Waals surface area contributed by atoms with Crippen LogP contribution >= 0.6 is 0 Å². The van der Waals surface area contributed by atoms with Crippen molar-refractivity contribution in [3.05, 3.63) is 59.2 Å². The molecule has 0 fully saturated rings. The van der Waals surface area contributed by atoms with Crippen molar-refractivity contribution in [3.63, 3.8) is 0 Å². The molecule has 2 aromatic heterocycles. The summed E-state index contributed by atoms with van der Waals surface area (Å²) < 4.78 is 15.1. The molecule has 0 amide bonds. The Labute approximate surface area is 166 Å². The number of hydrogen-bond acceptors (Lipinski definition) is 7. The van der Waals surface area contributed by atoms with E-state index in [1.54, 1.807) is 48.8 Å². The van der Waals surface area contributed by atoms with Gasteiger partial charge in [-0.25, -0.2) is 9.59 Å². The van der Waals surface area contributed by atoms with Crippen molar-refractivity contribution in [1.29, 1.82) is 10.5 Å². The molecule has 0 spiro atoms. The highest BCUT2D eigenvalue weighted by Gasteiger charge is 2.12. The number of nitriles is 2. The molecule has 9 nitrogen and oxygen atoms in total. The van der Waals surface area contributed by atoms with Crippen LogP contribution in [0.25, 0.3) is 12.2 Å². The van der Waals surface area contributed by atoms with Gasteiger partial charge in [0.05, 0.1) is 13.2 Å². The lowest BCUT2D eigenvalue weighted by atomic mass is 10.2. The molecule has 2 heterocycles. The Kier molecular flexibility index (Phi) is 8.49. The molecular weight excluding hydrogens is 376 g/mol. The summed E-state index contributed by atoms with van der Waals surface area (Å²) >= 11 is 0. The summed E-state index contributed by atoms with van der Waals surface area (Å²) in [5, 5.41) is 18.0. The van der Waals surface area contributed by atoms with Crippen molar-refractivity contribution >= 4 is 24.1 Å². The van der Waals surface area contributed by atoms with Crippen LogP contribution in [0.3, 0.4) is 0 Å². The average molecular weight is 394 g/mol. The highest BCUT2D eigenvalue weighted by Crippen LogP contribution is 2.06. The third-order valence-electron chi connectivity index (χ3n) is 3.45. The predicted molar refractivity (Wildman–Crippen MR) is 102 cm³/mol. The molecule has 2 aromatic rings. The number of nitrogens with one attached hydrogen (secondary N) is 2. The van der Waals surface area contributed by atoms with E-state index in [1.165, 1.54) is 12.2 Å². The van der Waals surface area contributed by atoms with Crippen molar-refractivity contribution in [2.75, 3.05) is 26.4 Å². The van der Waals surface area contributed by atoms with Gasteiger partial charge >= 0.3 is 11.9 Å². The van der Waals surface area contributed by atoms with Gasteiger partial charge in [-0.15, -0.1) is 0 Å². The summed E-state index contributed by atoms with van der Waals surface area (Å²) in [7, 11) is 0.